The van der Waals surface area contributed by atoms with E-state index in [-0.39, 0.29) is 11.6 Å². The van der Waals surface area contributed by atoms with E-state index in [9.17, 15) is 4.39 Å². The Morgan fingerprint density at radius 3 is 2.79 bits per heavy atom. The predicted molar refractivity (Wildman–Crippen MR) is 57.7 cm³/mol. The first kappa shape index (κ1) is 11.9. The van der Waals surface area contributed by atoms with Crippen molar-refractivity contribution >= 4 is 27.5 Å². The van der Waals surface area contributed by atoms with E-state index in [1.165, 1.54) is 6.07 Å². The number of halogens is 3. The molecule has 1 rings (SSSR count). The SMILES string of the molecule is NC(CCO)c1c(Br)ccc(Cl)c1F. The van der Waals surface area contributed by atoms with E-state index in [0.717, 1.165) is 0 Å². The third kappa shape index (κ3) is 2.45. The Bertz CT molecular complexity index is 335. The molecule has 0 aliphatic rings. The zero-order chi connectivity index (χ0) is 10.7. The summed E-state index contributed by atoms with van der Waals surface area (Å²) in [4.78, 5) is 0. The minimum Gasteiger partial charge on any atom is -0.396 e. The number of aliphatic hydroxyl groups is 1. The van der Waals surface area contributed by atoms with Crippen LogP contribution in [0.5, 0.6) is 0 Å². The molecule has 3 N–H and O–H groups in total. The van der Waals surface area contributed by atoms with Gasteiger partial charge in [-0.2, -0.15) is 0 Å². The molecule has 1 unspecified atom stereocenters. The molecule has 2 nitrogen and oxygen atoms in total. The Labute approximate surface area is 95.0 Å². The molecule has 0 bridgehead atoms. The van der Waals surface area contributed by atoms with Gasteiger partial charge in [0, 0.05) is 22.7 Å². The van der Waals surface area contributed by atoms with Crippen molar-refractivity contribution in [3.63, 3.8) is 0 Å². The van der Waals surface area contributed by atoms with Crippen LogP contribution in [0.15, 0.2) is 16.6 Å². The third-order valence-corrected chi connectivity index (χ3v) is 2.87. The summed E-state index contributed by atoms with van der Waals surface area (Å²) >= 11 is 8.81. The zero-order valence-corrected chi connectivity index (χ0v) is 9.65. The molecular formula is C9H10BrClFNO. The molecule has 0 heterocycles. The highest BCUT2D eigenvalue weighted by molar-refractivity contribution is 9.10. The van der Waals surface area contributed by atoms with E-state index in [4.69, 9.17) is 22.4 Å². The molecule has 14 heavy (non-hydrogen) atoms. The summed E-state index contributed by atoms with van der Waals surface area (Å²) in [5.41, 5.74) is 6.00. The average Bonchev–Trinajstić information content (AvgIpc) is 2.13. The molecular weight excluding hydrogens is 272 g/mol. The highest BCUT2D eigenvalue weighted by atomic mass is 79.9. The van der Waals surface area contributed by atoms with E-state index in [2.05, 4.69) is 15.9 Å². The van der Waals surface area contributed by atoms with Gasteiger partial charge in [0.05, 0.1) is 5.02 Å². The van der Waals surface area contributed by atoms with E-state index >= 15 is 0 Å². The number of hydrogen-bond acceptors (Lipinski definition) is 2. The minimum atomic E-state index is -0.548. The second-order valence-corrected chi connectivity index (χ2v) is 4.14. The van der Waals surface area contributed by atoms with Gasteiger partial charge in [0.25, 0.3) is 0 Å². The van der Waals surface area contributed by atoms with Crippen molar-refractivity contribution < 1.29 is 9.50 Å². The van der Waals surface area contributed by atoms with Crippen molar-refractivity contribution in [2.24, 2.45) is 5.73 Å². The maximum absolute atomic E-state index is 13.5. The highest BCUT2D eigenvalue weighted by Gasteiger charge is 2.16. The zero-order valence-electron chi connectivity index (χ0n) is 7.30. The van der Waals surface area contributed by atoms with Crippen LogP contribution < -0.4 is 5.73 Å². The van der Waals surface area contributed by atoms with Crippen LogP contribution in [0.4, 0.5) is 4.39 Å². The lowest BCUT2D eigenvalue weighted by Crippen LogP contribution is -2.14. The van der Waals surface area contributed by atoms with Crippen molar-refractivity contribution in [3.8, 4) is 0 Å². The highest BCUT2D eigenvalue weighted by Crippen LogP contribution is 2.30. The van der Waals surface area contributed by atoms with Gasteiger partial charge in [-0.05, 0) is 18.6 Å². The Morgan fingerprint density at radius 2 is 2.21 bits per heavy atom. The van der Waals surface area contributed by atoms with Crippen LogP contribution in [-0.4, -0.2) is 11.7 Å². The summed E-state index contributed by atoms with van der Waals surface area (Å²) in [6, 6.07) is 2.54. The van der Waals surface area contributed by atoms with Crippen molar-refractivity contribution in [3.05, 3.63) is 33.0 Å². The van der Waals surface area contributed by atoms with Crippen LogP contribution in [0, 0.1) is 5.82 Å². The summed E-state index contributed by atoms with van der Waals surface area (Å²) in [5.74, 6) is -0.526. The number of rotatable bonds is 3. The quantitative estimate of drug-likeness (QED) is 0.837. The van der Waals surface area contributed by atoms with Crippen LogP contribution >= 0.6 is 27.5 Å². The predicted octanol–water partition coefficient (Wildman–Crippen LogP) is 2.62. The third-order valence-electron chi connectivity index (χ3n) is 1.89. The molecule has 0 aromatic heterocycles. The molecule has 1 aromatic carbocycles. The maximum Gasteiger partial charge on any atom is 0.147 e. The molecule has 0 fully saturated rings. The second-order valence-electron chi connectivity index (χ2n) is 2.88. The fourth-order valence-electron chi connectivity index (χ4n) is 1.17. The molecule has 0 saturated heterocycles. The first-order chi connectivity index (χ1) is 6.57. The lowest BCUT2D eigenvalue weighted by molar-refractivity contribution is 0.275. The Hall–Kier alpha value is -0.160. The van der Waals surface area contributed by atoms with E-state index in [0.29, 0.717) is 16.5 Å². The molecule has 78 valence electrons. The summed E-state index contributed by atoms with van der Waals surface area (Å²) in [5, 5.41) is 8.74. The fraction of sp³-hybridized carbons (Fsp3) is 0.333. The molecule has 0 aliphatic carbocycles. The van der Waals surface area contributed by atoms with E-state index in [1.807, 2.05) is 0 Å². The first-order valence-corrected chi connectivity index (χ1v) is 5.25. The van der Waals surface area contributed by atoms with Crippen molar-refractivity contribution in [1.82, 2.24) is 0 Å². The van der Waals surface area contributed by atoms with Gasteiger partial charge in [0.15, 0.2) is 0 Å². The average molecular weight is 283 g/mol. The standard InChI is InChI=1S/C9H10BrClFNO/c10-5-1-2-6(11)9(12)8(5)7(13)3-4-14/h1-2,7,14H,3-4,13H2. The van der Waals surface area contributed by atoms with Gasteiger partial charge in [0.2, 0.25) is 0 Å². The van der Waals surface area contributed by atoms with Crippen LogP contribution in [0.1, 0.15) is 18.0 Å². The molecule has 0 aliphatic heterocycles. The number of benzene rings is 1. The molecule has 0 radical (unpaired) electrons. The van der Waals surface area contributed by atoms with Gasteiger partial charge in [-0.3, -0.25) is 0 Å². The topological polar surface area (TPSA) is 46.2 Å². The van der Waals surface area contributed by atoms with Gasteiger partial charge in [-0.15, -0.1) is 0 Å². The summed E-state index contributed by atoms with van der Waals surface area (Å²) < 4.78 is 14.1. The number of hydrogen-bond donors (Lipinski definition) is 2. The molecule has 0 amide bonds. The van der Waals surface area contributed by atoms with E-state index < -0.39 is 11.9 Å². The number of aliphatic hydroxyl groups excluding tert-OH is 1. The van der Waals surface area contributed by atoms with Gasteiger partial charge in [-0.25, -0.2) is 4.39 Å². The van der Waals surface area contributed by atoms with Crippen LogP contribution in [0.25, 0.3) is 0 Å². The monoisotopic (exact) mass is 281 g/mol. The summed E-state index contributed by atoms with van der Waals surface area (Å²) in [6.07, 6.45) is 0.301. The van der Waals surface area contributed by atoms with Gasteiger partial charge < -0.3 is 10.8 Å². The minimum absolute atomic E-state index is 0.0385. The van der Waals surface area contributed by atoms with Crippen molar-refractivity contribution in [2.75, 3.05) is 6.61 Å². The normalized spacial score (nSPS) is 12.9. The Balaban J connectivity index is 3.11. The largest absolute Gasteiger partial charge is 0.396 e. The summed E-state index contributed by atoms with van der Waals surface area (Å²) in [7, 11) is 0. The smallest absolute Gasteiger partial charge is 0.147 e. The van der Waals surface area contributed by atoms with E-state index in [1.54, 1.807) is 6.07 Å². The number of nitrogens with two attached hydrogens (primary N) is 1. The Morgan fingerprint density at radius 1 is 1.57 bits per heavy atom. The van der Waals surface area contributed by atoms with Crippen LogP contribution in [-0.2, 0) is 0 Å². The van der Waals surface area contributed by atoms with Gasteiger partial charge in [0.1, 0.15) is 5.82 Å². The Kier molecular flexibility index (Phi) is 4.31. The lowest BCUT2D eigenvalue weighted by Gasteiger charge is -2.14. The van der Waals surface area contributed by atoms with Gasteiger partial charge in [-0.1, -0.05) is 27.5 Å². The first-order valence-electron chi connectivity index (χ1n) is 4.07. The fourth-order valence-corrected chi connectivity index (χ4v) is 1.93. The van der Waals surface area contributed by atoms with Gasteiger partial charge >= 0.3 is 0 Å². The van der Waals surface area contributed by atoms with Crippen molar-refractivity contribution in [1.29, 1.82) is 0 Å². The van der Waals surface area contributed by atoms with Crippen LogP contribution in [0.3, 0.4) is 0 Å². The van der Waals surface area contributed by atoms with Crippen molar-refractivity contribution in [2.45, 2.75) is 12.5 Å². The molecule has 0 saturated carbocycles. The maximum atomic E-state index is 13.5. The lowest BCUT2D eigenvalue weighted by atomic mass is 10.0. The molecule has 1 aromatic rings. The second kappa shape index (κ2) is 5.07. The summed E-state index contributed by atoms with van der Waals surface area (Å²) in [6.45, 7) is -0.0838. The molecule has 0 spiro atoms. The molecule has 1 atom stereocenters. The molecule has 5 heteroatoms. The van der Waals surface area contributed by atoms with Crippen LogP contribution in [0.2, 0.25) is 5.02 Å².